The molecule has 0 saturated carbocycles. The summed E-state index contributed by atoms with van der Waals surface area (Å²) in [7, 11) is 0. The van der Waals surface area contributed by atoms with Crippen molar-refractivity contribution >= 4 is 22.9 Å². The number of thioether (sulfide) groups is 1. The lowest BCUT2D eigenvalue weighted by atomic mass is 10.1. The van der Waals surface area contributed by atoms with Crippen molar-refractivity contribution < 1.29 is 27.5 Å². The number of amides is 2. The van der Waals surface area contributed by atoms with Crippen molar-refractivity contribution in [1.29, 1.82) is 0 Å². The highest BCUT2D eigenvalue weighted by molar-refractivity contribution is 8.13. The molecular formula is C22H26F3N3O3S. The van der Waals surface area contributed by atoms with Gasteiger partial charge in [-0.1, -0.05) is 23.9 Å². The van der Waals surface area contributed by atoms with Crippen LogP contribution in [0.25, 0.3) is 0 Å². The number of hydrogen-bond acceptors (Lipinski definition) is 5. The lowest BCUT2D eigenvalue weighted by Gasteiger charge is -2.23. The number of aromatic nitrogens is 1. The predicted molar refractivity (Wildman–Crippen MR) is 117 cm³/mol. The molecule has 1 N–H and O–H groups in total. The van der Waals surface area contributed by atoms with Crippen molar-refractivity contribution in [2.24, 2.45) is 0 Å². The normalized spacial score (nSPS) is 11.1. The fourth-order valence-corrected chi connectivity index (χ4v) is 3.48. The number of aryl methyl sites for hydroxylation is 1. The summed E-state index contributed by atoms with van der Waals surface area (Å²) >= 11 is 1.14. The SMILES string of the molecule is CC(=O)SCCN(CCc1ccc(OC(F)(F)F)cc1)C(=O)NCCCc1ccncc1. The summed E-state index contributed by atoms with van der Waals surface area (Å²) in [5, 5.41) is 2.87. The molecule has 0 atom stereocenters. The molecule has 10 heteroatoms. The van der Waals surface area contributed by atoms with Gasteiger partial charge in [-0.3, -0.25) is 9.78 Å². The van der Waals surface area contributed by atoms with E-state index in [1.807, 2.05) is 12.1 Å². The minimum Gasteiger partial charge on any atom is -0.406 e. The third-order valence-electron chi connectivity index (χ3n) is 4.45. The first-order valence-corrected chi connectivity index (χ1v) is 11.1. The Morgan fingerprint density at radius 1 is 1.03 bits per heavy atom. The molecule has 2 rings (SSSR count). The number of nitrogens with one attached hydrogen (secondary N) is 1. The molecule has 0 aliphatic heterocycles. The Morgan fingerprint density at radius 2 is 1.69 bits per heavy atom. The summed E-state index contributed by atoms with van der Waals surface area (Å²) < 4.78 is 40.7. The maximum absolute atomic E-state index is 12.6. The van der Waals surface area contributed by atoms with Gasteiger partial charge in [0.05, 0.1) is 0 Å². The van der Waals surface area contributed by atoms with E-state index in [4.69, 9.17) is 0 Å². The fourth-order valence-electron chi connectivity index (χ4n) is 2.89. The highest BCUT2D eigenvalue weighted by Crippen LogP contribution is 2.22. The molecule has 174 valence electrons. The number of hydrogen-bond donors (Lipinski definition) is 1. The van der Waals surface area contributed by atoms with Crippen LogP contribution in [0, 0.1) is 0 Å². The molecular weight excluding hydrogens is 443 g/mol. The summed E-state index contributed by atoms with van der Waals surface area (Å²) in [6.07, 6.45) is 0.764. The van der Waals surface area contributed by atoms with Crippen molar-refractivity contribution in [2.75, 3.05) is 25.4 Å². The van der Waals surface area contributed by atoms with Crippen LogP contribution >= 0.6 is 11.8 Å². The zero-order valence-electron chi connectivity index (χ0n) is 17.7. The Kier molecular flexibility index (Phi) is 10.3. The number of alkyl halides is 3. The molecule has 1 aromatic heterocycles. The molecule has 0 spiro atoms. The third kappa shape index (κ3) is 10.5. The molecule has 0 fully saturated rings. The molecule has 32 heavy (non-hydrogen) atoms. The summed E-state index contributed by atoms with van der Waals surface area (Å²) in [6.45, 7) is 2.73. The Balaban J connectivity index is 1.84. The molecule has 6 nitrogen and oxygen atoms in total. The van der Waals surface area contributed by atoms with Crippen LogP contribution < -0.4 is 10.1 Å². The Labute approximate surface area is 189 Å². The zero-order chi connectivity index (χ0) is 23.4. The number of urea groups is 1. The standard InChI is InChI=1S/C22H26F3N3O3S/c1-17(29)32-16-15-28(21(30)27-11-2-3-18-8-12-26-13-9-18)14-10-19-4-6-20(7-5-19)31-22(23,24)25/h4-9,12-13H,2-3,10-11,14-16H2,1H3,(H,27,30). The average molecular weight is 470 g/mol. The molecule has 0 bridgehead atoms. The van der Waals surface area contributed by atoms with Gasteiger partial charge in [0.2, 0.25) is 0 Å². The van der Waals surface area contributed by atoms with Crippen LogP contribution in [0.15, 0.2) is 48.8 Å². The number of nitrogens with zero attached hydrogens (tertiary/aromatic N) is 2. The van der Waals surface area contributed by atoms with Crippen molar-refractivity contribution in [2.45, 2.75) is 32.5 Å². The van der Waals surface area contributed by atoms with Gasteiger partial charge in [-0.2, -0.15) is 0 Å². The first kappa shape index (κ1) is 25.5. The van der Waals surface area contributed by atoms with Crippen molar-refractivity contribution in [3.05, 3.63) is 59.9 Å². The quantitative estimate of drug-likeness (QED) is 0.493. The van der Waals surface area contributed by atoms with Gasteiger partial charge in [-0.05, 0) is 54.7 Å². The molecule has 0 saturated heterocycles. The monoisotopic (exact) mass is 469 g/mol. The van der Waals surface area contributed by atoms with Gasteiger partial charge in [-0.15, -0.1) is 13.2 Å². The fraction of sp³-hybridized carbons (Fsp3) is 0.409. The second-order valence-corrected chi connectivity index (χ2v) is 8.23. The van der Waals surface area contributed by atoms with Crippen molar-refractivity contribution in [3.8, 4) is 5.75 Å². The van der Waals surface area contributed by atoms with Crippen LogP contribution in [-0.4, -0.2) is 52.8 Å². The van der Waals surface area contributed by atoms with E-state index in [1.165, 1.54) is 31.2 Å². The van der Waals surface area contributed by atoms with Gasteiger partial charge >= 0.3 is 12.4 Å². The first-order valence-electron chi connectivity index (χ1n) is 10.1. The van der Waals surface area contributed by atoms with E-state index in [1.54, 1.807) is 17.3 Å². The highest BCUT2D eigenvalue weighted by Gasteiger charge is 2.30. The largest absolute Gasteiger partial charge is 0.573 e. The number of pyridine rings is 1. The van der Waals surface area contributed by atoms with Gasteiger partial charge < -0.3 is 15.0 Å². The van der Waals surface area contributed by atoms with E-state index < -0.39 is 6.36 Å². The summed E-state index contributed by atoms with van der Waals surface area (Å²) in [5.41, 5.74) is 1.91. The molecule has 0 unspecified atom stereocenters. The summed E-state index contributed by atoms with van der Waals surface area (Å²) in [5.74, 6) is 0.181. The molecule has 0 radical (unpaired) electrons. The maximum Gasteiger partial charge on any atom is 0.573 e. The van der Waals surface area contributed by atoms with E-state index in [0.29, 0.717) is 31.8 Å². The minimum atomic E-state index is -4.73. The number of carbonyl (C=O) groups is 2. The first-order chi connectivity index (χ1) is 15.2. The zero-order valence-corrected chi connectivity index (χ0v) is 18.5. The Hall–Kier alpha value is -2.75. The van der Waals surface area contributed by atoms with E-state index in [2.05, 4.69) is 15.0 Å². The lowest BCUT2D eigenvalue weighted by molar-refractivity contribution is -0.274. The van der Waals surface area contributed by atoms with E-state index in [-0.39, 0.29) is 16.9 Å². The highest BCUT2D eigenvalue weighted by atomic mass is 32.2. The molecule has 2 amide bonds. The number of ether oxygens (including phenoxy) is 1. The van der Waals surface area contributed by atoms with E-state index in [9.17, 15) is 22.8 Å². The van der Waals surface area contributed by atoms with Crippen LogP contribution in [0.3, 0.4) is 0 Å². The number of carbonyl (C=O) groups excluding carboxylic acids is 2. The molecule has 0 aliphatic rings. The lowest BCUT2D eigenvalue weighted by Crippen LogP contribution is -2.42. The topological polar surface area (TPSA) is 71.5 Å². The van der Waals surface area contributed by atoms with Crippen molar-refractivity contribution in [1.82, 2.24) is 15.2 Å². The van der Waals surface area contributed by atoms with Crippen LogP contribution in [0.4, 0.5) is 18.0 Å². The predicted octanol–water partition coefficient (Wildman–Crippen LogP) is 4.45. The second kappa shape index (κ2) is 12.9. The van der Waals surface area contributed by atoms with Crippen LogP contribution in [0.5, 0.6) is 5.75 Å². The number of halogens is 3. The van der Waals surface area contributed by atoms with Gasteiger partial charge in [-0.25, -0.2) is 4.79 Å². The average Bonchev–Trinajstić information content (AvgIpc) is 2.74. The second-order valence-electron chi connectivity index (χ2n) is 6.96. The number of benzene rings is 1. The maximum atomic E-state index is 12.6. The van der Waals surface area contributed by atoms with Gasteiger partial charge in [0.1, 0.15) is 5.75 Å². The van der Waals surface area contributed by atoms with Crippen molar-refractivity contribution in [3.63, 3.8) is 0 Å². The van der Waals surface area contributed by atoms with Crippen LogP contribution in [-0.2, 0) is 17.6 Å². The van der Waals surface area contributed by atoms with Gasteiger partial charge in [0, 0.05) is 44.7 Å². The smallest absolute Gasteiger partial charge is 0.406 e. The Morgan fingerprint density at radius 3 is 2.31 bits per heavy atom. The van der Waals surface area contributed by atoms with E-state index >= 15 is 0 Å². The molecule has 2 aromatic rings. The summed E-state index contributed by atoms with van der Waals surface area (Å²) in [4.78, 5) is 29.4. The molecule has 1 aromatic carbocycles. The summed E-state index contributed by atoms with van der Waals surface area (Å²) in [6, 6.07) is 9.19. The number of rotatable bonds is 11. The van der Waals surface area contributed by atoms with Gasteiger partial charge in [0.15, 0.2) is 5.12 Å². The molecule has 1 heterocycles. The van der Waals surface area contributed by atoms with Gasteiger partial charge in [0.25, 0.3) is 0 Å². The third-order valence-corrected chi connectivity index (χ3v) is 5.24. The Bertz CT molecular complexity index is 849. The minimum absolute atomic E-state index is 0.0250. The molecule has 0 aliphatic carbocycles. The van der Waals surface area contributed by atoms with E-state index in [0.717, 1.165) is 35.7 Å². The van der Waals surface area contributed by atoms with Crippen LogP contribution in [0.2, 0.25) is 0 Å². The van der Waals surface area contributed by atoms with Crippen LogP contribution in [0.1, 0.15) is 24.5 Å².